The van der Waals surface area contributed by atoms with Crippen LogP contribution in [0.15, 0.2) is 0 Å². The van der Waals surface area contributed by atoms with Crippen molar-refractivity contribution in [2.45, 2.75) is 25.6 Å². The van der Waals surface area contributed by atoms with Gasteiger partial charge < -0.3 is 0 Å². The summed E-state index contributed by atoms with van der Waals surface area (Å²) in [5, 5.41) is 1.10. The molecule has 3 atom stereocenters. The van der Waals surface area contributed by atoms with Crippen molar-refractivity contribution >= 4 is 31.9 Å². The summed E-state index contributed by atoms with van der Waals surface area (Å²) in [4.78, 5) is 0.630. The van der Waals surface area contributed by atoms with E-state index in [9.17, 15) is 0 Å². The Morgan fingerprint density at radius 3 is 1.78 bits per heavy atom. The van der Waals surface area contributed by atoms with Gasteiger partial charge in [-0.25, -0.2) is 0 Å². The first-order valence-electron chi connectivity index (χ1n) is 3.29. The first kappa shape index (κ1) is 9.96. The topological polar surface area (TPSA) is 0 Å². The van der Waals surface area contributed by atoms with Crippen LogP contribution in [0.4, 0.5) is 0 Å². The van der Waals surface area contributed by atoms with Gasteiger partial charge in [-0.1, -0.05) is 52.6 Å². The molecular weight excluding hydrogens is 244 g/mol. The van der Waals surface area contributed by atoms with Crippen molar-refractivity contribution in [1.29, 1.82) is 0 Å². The molecule has 0 radical (unpaired) electrons. The van der Waals surface area contributed by atoms with Gasteiger partial charge in [-0.05, 0) is 11.8 Å². The third kappa shape index (κ3) is 3.61. The summed E-state index contributed by atoms with van der Waals surface area (Å²) in [5.41, 5.74) is 0. The summed E-state index contributed by atoms with van der Waals surface area (Å²) < 4.78 is 0. The van der Waals surface area contributed by atoms with Crippen LogP contribution in [-0.2, 0) is 0 Å². The second-order valence-electron chi connectivity index (χ2n) is 2.67. The Bertz CT molecular complexity index is 71.3. The van der Waals surface area contributed by atoms with Crippen LogP contribution < -0.4 is 0 Å². The van der Waals surface area contributed by atoms with Crippen molar-refractivity contribution < 1.29 is 0 Å². The van der Waals surface area contributed by atoms with Gasteiger partial charge >= 0.3 is 0 Å². The van der Waals surface area contributed by atoms with Crippen LogP contribution in [0.25, 0.3) is 0 Å². The second-order valence-corrected chi connectivity index (χ2v) is 4.76. The van der Waals surface area contributed by atoms with E-state index in [1.807, 2.05) is 0 Å². The highest BCUT2D eigenvalue weighted by molar-refractivity contribution is 9.09. The van der Waals surface area contributed by atoms with Crippen molar-refractivity contribution in [3.05, 3.63) is 0 Å². The minimum absolute atomic E-state index is 0.630. The molecule has 0 aliphatic heterocycles. The van der Waals surface area contributed by atoms with E-state index in [4.69, 9.17) is 0 Å². The van der Waals surface area contributed by atoms with Crippen LogP contribution in [0.2, 0.25) is 0 Å². The Morgan fingerprint density at radius 1 is 1.22 bits per heavy atom. The fourth-order valence-corrected chi connectivity index (χ4v) is 1.70. The highest BCUT2D eigenvalue weighted by Crippen LogP contribution is 2.21. The average molecular weight is 258 g/mol. The molecule has 0 aromatic carbocycles. The molecule has 0 aliphatic carbocycles. The first-order chi connectivity index (χ1) is 4.09. The number of hydrogen-bond donors (Lipinski definition) is 0. The van der Waals surface area contributed by atoms with Gasteiger partial charge in [0, 0.05) is 10.2 Å². The number of hydrogen-bond acceptors (Lipinski definition) is 0. The van der Waals surface area contributed by atoms with Gasteiger partial charge in [0.25, 0.3) is 0 Å². The maximum absolute atomic E-state index is 3.56. The zero-order valence-electron chi connectivity index (χ0n) is 6.20. The highest BCUT2D eigenvalue weighted by Gasteiger charge is 2.14. The summed E-state index contributed by atoms with van der Waals surface area (Å²) in [5.74, 6) is 1.52. The van der Waals surface area contributed by atoms with Crippen LogP contribution in [0, 0.1) is 11.8 Å². The van der Waals surface area contributed by atoms with E-state index >= 15 is 0 Å². The lowest BCUT2D eigenvalue weighted by Gasteiger charge is -2.19. The molecule has 0 aromatic rings. The van der Waals surface area contributed by atoms with Crippen molar-refractivity contribution in [3.63, 3.8) is 0 Å². The van der Waals surface area contributed by atoms with E-state index in [0.717, 1.165) is 17.2 Å². The van der Waals surface area contributed by atoms with Gasteiger partial charge in [-0.15, -0.1) is 0 Å². The van der Waals surface area contributed by atoms with Gasteiger partial charge in [-0.3, -0.25) is 0 Å². The van der Waals surface area contributed by atoms with E-state index in [1.165, 1.54) is 0 Å². The molecule has 0 aliphatic rings. The van der Waals surface area contributed by atoms with Crippen molar-refractivity contribution in [2.75, 3.05) is 5.33 Å². The second kappa shape index (κ2) is 4.73. The normalized spacial score (nSPS) is 21.0. The molecule has 2 heteroatoms. The molecule has 0 spiro atoms. The summed E-state index contributed by atoms with van der Waals surface area (Å²) in [6.07, 6.45) is 0. The maximum Gasteiger partial charge on any atom is 0.0146 e. The maximum atomic E-state index is 3.56. The predicted molar refractivity (Wildman–Crippen MR) is 50.5 cm³/mol. The molecule has 9 heavy (non-hydrogen) atoms. The number of halogens is 2. The van der Waals surface area contributed by atoms with Gasteiger partial charge in [0.05, 0.1) is 0 Å². The summed E-state index contributed by atoms with van der Waals surface area (Å²) >= 11 is 7.02. The van der Waals surface area contributed by atoms with Crippen LogP contribution in [0.5, 0.6) is 0 Å². The molecule has 0 saturated carbocycles. The molecule has 0 amide bonds. The zero-order valence-corrected chi connectivity index (χ0v) is 9.37. The van der Waals surface area contributed by atoms with Crippen LogP contribution in [-0.4, -0.2) is 10.2 Å². The molecule has 3 unspecified atom stereocenters. The SMILES string of the molecule is CC(Br)C(C)C(C)CBr. The molecular formula is C7H14Br2. The van der Waals surface area contributed by atoms with Crippen LogP contribution in [0.1, 0.15) is 20.8 Å². The average Bonchev–Trinajstić information content (AvgIpc) is 1.84. The first-order valence-corrected chi connectivity index (χ1v) is 5.33. The third-order valence-electron chi connectivity index (χ3n) is 1.87. The quantitative estimate of drug-likeness (QED) is 0.680. The van der Waals surface area contributed by atoms with E-state index in [2.05, 4.69) is 52.6 Å². The predicted octanol–water partition coefficient (Wildman–Crippen LogP) is 3.44. The lowest BCUT2D eigenvalue weighted by molar-refractivity contribution is 0.430. The Morgan fingerprint density at radius 2 is 1.67 bits per heavy atom. The molecule has 0 fully saturated rings. The Labute approximate surface area is 74.7 Å². The molecule has 0 bridgehead atoms. The monoisotopic (exact) mass is 256 g/mol. The molecule has 0 aromatic heterocycles. The van der Waals surface area contributed by atoms with Gasteiger partial charge in [0.2, 0.25) is 0 Å². The van der Waals surface area contributed by atoms with Crippen LogP contribution >= 0.6 is 31.9 Å². The lowest BCUT2D eigenvalue weighted by atomic mass is 9.96. The van der Waals surface area contributed by atoms with E-state index in [1.54, 1.807) is 0 Å². The molecule has 0 nitrogen and oxygen atoms in total. The summed E-state index contributed by atoms with van der Waals surface area (Å²) in [6, 6.07) is 0. The van der Waals surface area contributed by atoms with Crippen molar-refractivity contribution in [2.24, 2.45) is 11.8 Å². The smallest absolute Gasteiger partial charge is 0.0146 e. The minimum atomic E-state index is 0.630. The Hall–Kier alpha value is 0.960. The largest absolute Gasteiger partial charge is 0.0925 e. The molecule has 56 valence electrons. The Kier molecular flexibility index (Phi) is 5.23. The standard InChI is InChI=1S/C7H14Br2/c1-5(4-8)6(2)7(3)9/h5-7H,4H2,1-3H3. The van der Waals surface area contributed by atoms with Crippen molar-refractivity contribution in [3.8, 4) is 0 Å². The zero-order chi connectivity index (χ0) is 7.44. The van der Waals surface area contributed by atoms with Gasteiger partial charge in [0.15, 0.2) is 0 Å². The number of rotatable bonds is 3. The highest BCUT2D eigenvalue weighted by atomic mass is 79.9. The van der Waals surface area contributed by atoms with E-state index in [0.29, 0.717) is 4.83 Å². The minimum Gasteiger partial charge on any atom is -0.0925 e. The molecule has 0 rings (SSSR count). The fourth-order valence-electron chi connectivity index (χ4n) is 0.593. The number of alkyl halides is 2. The molecule has 0 N–H and O–H groups in total. The van der Waals surface area contributed by atoms with E-state index in [-0.39, 0.29) is 0 Å². The summed E-state index contributed by atoms with van der Waals surface area (Å²) in [6.45, 7) is 6.73. The van der Waals surface area contributed by atoms with Gasteiger partial charge in [0.1, 0.15) is 0 Å². The Balaban J connectivity index is 3.58. The van der Waals surface area contributed by atoms with Gasteiger partial charge in [-0.2, -0.15) is 0 Å². The fraction of sp³-hybridized carbons (Fsp3) is 1.00. The lowest BCUT2D eigenvalue weighted by Crippen LogP contribution is -2.16. The van der Waals surface area contributed by atoms with E-state index < -0.39 is 0 Å². The molecule has 0 heterocycles. The molecule has 0 saturated heterocycles. The van der Waals surface area contributed by atoms with Crippen molar-refractivity contribution in [1.82, 2.24) is 0 Å². The third-order valence-corrected chi connectivity index (χ3v) is 3.72. The summed E-state index contributed by atoms with van der Waals surface area (Å²) in [7, 11) is 0. The van der Waals surface area contributed by atoms with Crippen LogP contribution in [0.3, 0.4) is 0 Å².